The molecule has 0 radical (unpaired) electrons. The van der Waals surface area contributed by atoms with Gasteiger partial charge < -0.3 is 109 Å². The average molecular weight is 1050 g/mol. The Bertz CT molecular complexity index is 1930. The Kier molecular flexibility index (Phi) is 18.0. The number of hydrogen-bond donors (Lipinski definition) is 14. The standard InChI is InChI=1S/C49H78O24/c1-18(17-66-44-36(60)31(55)30(54)27(15-50)68-44)5-8-25(52)19(2)29-26(53)14-24-22-7-6-20-13-21(9-11-48(20,3)23(22)10-12-49(24,29)4)67-47-41(71-46-38(62)33(57)35(59)43(65)73-46)39(63)40(28(16-51)69-47)70-45-37(61)32(56)34(58)42(64)72-45/h6,18-19,21-24,27-47,50-51,54-65H,5,7-17H2,1-4H3/t18-,19-,21?,22-,23+,24+,27?,28?,29?,30+,31?,32?,33?,34-,35-,36?,37?,38?,39?,40-,41?,42?,43?,44-,45-,46-,47-,48+,49+/m1/s1. The summed E-state index contributed by atoms with van der Waals surface area (Å²) < 4.78 is 46.0. The van der Waals surface area contributed by atoms with E-state index in [-0.39, 0.29) is 53.7 Å². The van der Waals surface area contributed by atoms with Gasteiger partial charge in [0.1, 0.15) is 97.0 Å². The summed E-state index contributed by atoms with van der Waals surface area (Å²) in [5.41, 5.74) is 0.436. The van der Waals surface area contributed by atoms with E-state index in [1.165, 1.54) is 0 Å². The highest BCUT2D eigenvalue weighted by Gasteiger charge is 2.63. The molecule has 14 unspecified atom stereocenters. The van der Waals surface area contributed by atoms with E-state index in [1.54, 1.807) is 0 Å². The number of ketones is 2. The number of rotatable bonds is 16. The van der Waals surface area contributed by atoms with Crippen LogP contribution in [-0.4, -0.2) is 232 Å². The van der Waals surface area contributed by atoms with Crippen molar-refractivity contribution in [2.24, 2.45) is 46.3 Å². The quantitative estimate of drug-likeness (QED) is 0.0654. The van der Waals surface area contributed by atoms with E-state index in [0.29, 0.717) is 38.5 Å². The summed E-state index contributed by atoms with van der Waals surface area (Å²) >= 11 is 0. The van der Waals surface area contributed by atoms with Gasteiger partial charge in [-0.1, -0.05) is 39.3 Å². The van der Waals surface area contributed by atoms with Gasteiger partial charge in [-0.25, -0.2) is 0 Å². The molecule has 8 aliphatic rings. The molecule has 0 bridgehead atoms. The van der Waals surface area contributed by atoms with Crippen LogP contribution in [0.4, 0.5) is 0 Å². The molecule has 4 aliphatic carbocycles. The van der Waals surface area contributed by atoms with Gasteiger partial charge in [-0.3, -0.25) is 9.59 Å². The molecule has 4 aliphatic heterocycles. The van der Waals surface area contributed by atoms with Gasteiger partial charge in [0.2, 0.25) is 0 Å². The topological polar surface area (TPSA) is 391 Å². The van der Waals surface area contributed by atoms with Crippen LogP contribution in [0, 0.1) is 46.3 Å². The second kappa shape index (κ2) is 22.9. The van der Waals surface area contributed by atoms with E-state index < -0.39 is 160 Å². The number of fused-ring (bicyclic) bond motifs is 5. The molecule has 8 rings (SSSR count). The van der Waals surface area contributed by atoms with E-state index in [0.717, 1.165) is 18.4 Å². The lowest BCUT2D eigenvalue weighted by Crippen LogP contribution is -2.67. The van der Waals surface area contributed by atoms with Crippen LogP contribution in [0.25, 0.3) is 0 Å². The minimum Gasteiger partial charge on any atom is -0.394 e. The molecule has 0 amide bonds. The van der Waals surface area contributed by atoms with E-state index in [2.05, 4.69) is 19.9 Å². The first-order valence-electron chi connectivity index (χ1n) is 25.8. The molecule has 4 saturated heterocycles. The summed E-state index contributed by atoms with van der Waals surface area (Å²) in [6, 6.07) is 0. The van der Waals surface area contributed by atoms with Crippen molar-refractivity contribution in [3.63, 3.8) is 0 Å². The number of aliphatic hydroxyl groups is 14. The molecule has 4 heterocycles. The maximum atomic E-state index is 14.1. The molecule has 24 nitrogen and oxygen atoms in total. The molecule has 0 aromatic rings. The van der Waals surface area contributed by atoms with Crippen molar-refractivity contribution < 1.29 is 119 Å². The normalized spacial score (nSPS) is 51.1. The van der Waals surface area contributed by atoms with Gasteiger partial charge in [-0.05, 0) is 79.4 Å². The van der Waals surface area contributed by atoms with Crippen LogP contribution in [0.1, 0.15) is 85.5 Å². The zero-order valence-electron chi connectivity index (χ0n) is 41.5. The van der Waals surface area contributed by atoms with Crippen molar-refractivity contribution in [2.45, 2.75) is 215 Å². The number of Topliss-reactive ketones (excluding diaryl/α,β-unsaturated/α-hetero) is 2. The number of allylic oxidation sites excluding steroid dienone is 1. The highest BCUT2D eigenvalue weighted by Crippen LogP contribution is 2.66. The predicted molar refractivity (Wildman–Crippen MR) is 242 cm³/mol. The molecule has 73 heavy (non-hydrogen) atoms. The zero-order chi connectivity index (χ0) is 53.2. The summed E-state index contributed by atoms with van der Waals surface area (Å²) in [7, 11) is 0. The first-order valence-corrected chi connectivity index (χ1v) is 25.8. The molecule has 0 spiro atoms. The maximum Gasteiger partial charge on any atom is 0.189 e. The van der Waals surface area contributed by atoms with Gasteiger partial charge in [0, 0.05) is 24.7 Å². The van der Waals surface area contributed by atoms with E-state index in [1.807, 2.05) is 13.8 Å². The third-order valence-corrected chi connectivity index (χ3v) is 18.1. The lowest BCUT2D eigenvalue weighted by Gasteiger charge is -2.58. The molecule has 418 valence electrons. The van der Waals surface area contributed by atoms with Crippen LogP contribution < -0.4 is 0 Å². The predicted octanol–water partition coefficient (Wildman–Crippen LogP) is -4.07. The second-order valence-electron chi connectivity index (χ2n) is 22.5. The SMILES string of the molecule is C[C@H](CCC(=O)[C@@H](C)C1C(=O)C[C@H]2[C@@H]3CC=C4CC(O[C@@H]5OC(CO)[C@@H](O[C@@H]6OC(O)[C@H](O)C(O)C6O)C(O)C5O[C@@H]5OC(O)[C@H](O)C(O)C5O)CC[C@]4(C)[C@H]3CC[C@]12C)CO[C@@H]1OC(CO)[C@H](O)C(O)C1O. The molecule has 29 atom stereocenters. The third kappa shape index (κ3) is 10.9. The fraction of sp³-hybridized carbons (Fsp3) is 0.918. The Morgan fingerprint density at radius 2 is 1.22 bits per heavy atom. The first kappa shape index (κ1) is 57.4. The fourth-order valence-electron chi connectivity index (χ4n) is 13.6. The largest absolute Gasteiger partial charge is 0.394 e. The van der Waals surface area contributed by atoms with Crippen LogP contribution in [0.15, 0.2) is 11.6 Å². The number of carbonyl (C=O) groups is 2. The lowest BCUT2D eigenvalue weighted by atomic mass is 9.47. The highest BCUT2D eigenvalue weighted by molar-refractivity contribution is 5.92. The Morgan fingerprint density at radius 1 is 0.644 bits per heavy atom. The second-order valence-corrected chi connectivity index (χ2v) is 22.5. The monoisotopic (exact) mass is 1050 g/mol. The first-order chi connectivity index (χ1) is 34.4. The van der Waals surface area contributed by atoms with Crippen molar-refractivity contribution in [1.82, 2.24) is 0 Å². The van der Waals surface area contributed by atoms with Gasteiger partial charge >= 0.3 is 0 Å². The number of ether oxygens (including phenoxy) is 8. The van der Waals surface area contributed by atoms with Gasteiger partial charge in [-0.2, -0.15) is 0 Å². The lowest BCUT2D eigenvalue weighted by molar-refractivity contribution is -0.405. The van der Waals surface area contributed by atoms with Crippen LogP contribution in [0.2, 0.25) is 0 Å². The summed E-state index contributed by atoms with van der Waals surface area (Å²) in [4.78, 5) is 28.0. The van der Waals surface area contributed by atoms with Crippen LogP contribution >= 0.6 is 0 Å². The van der Waals surface area contributed by atoms with Crippen LogP contribution in [0.5, 0.6) is 0 Å². The van der Waals surface area contributed by atoms with Gasteiger partial charge in [0.15, 0.2) is 37.7 Å². The van der Waals surface area contributed by atoms with E-state index in [4.69, 9.17) is 37.9 Å². The minimum atomic E-state index is -2.03. The molecule has 7 fully saturated rings. The number of aliphatic hydroxyl groups excluding tert-OH is 14. The number of carbonyl (C=O) groups excluding carboxylic acids is 2. The highest BCUT2D eigenvalue weighted by atomic mass is 16.8. The Labute approximate surface area is 422 Å². The Morgan fingerprint density at radius 3 is 1.84 bits per heavy atom. The van der Waals surface area contributed by atoms with Gasteiger partial charge in [0.25, 0.3) is 0 Å². The Balaban J connectivity index is 0.916. The molecular formula is C49H78O24. The maximum absolute atomic E-state index is 14.1. The summed E-state index contributed by atoms with van der Waals surface area (Å²) in [5, 5.41) is 145. The third-order valence-electron chi connectivity index (χ3n) is 18.1. The summed E-state index contributed by atoms with van der Waals surface area (Å²) in [6.45, 7) is 6.79. The van der Waals surface area contributed by atoms with Crippen molar-refractivity contribution in [1.29, 1.82) is 0 Å². The molecular weight excluding hydrogens is 973 g/mol. The summed E-state index contributed by atoms with van der Waals surface area (Å²) in [5.74, 6) is -0.653. The van der Waals surface area contributed by atoms with Crippen molar-refractivity contribution in [2.75, 3.05) is 19.8 Å². The van der Waals surface area contributed by atoms with E-state index >= 15 is 0 Å². The van der Waals surface area contributed by atoms with Crippen LogP contribution in [0.3, 0.4) is 0 Å². The van der Waals surface area contributed by atoms with Crippen LogP contribution in [-0.2, 0) is 47.5 Å². The molecule has 0 aromatic heterocycles. The van der Waals surface area contributed by atoms with E-state index in [9.17, 15) is 81.1 Å². The fourth-order valence-corrected chi connectivity index (χ4v) is 13.6. The molecule has 24 heteroatoms. The minimum absolute atomic E-state index is 0.0255. The van der Waals surface area contributed by atoms with Gasteiger partial charge in [-0.15, -0.1) is 0 Å². The van der Waals surface area contributed by atoms with Crippen molar-refractivity contribution >= 4 is 11.6 Å². The Hall–Kier alpha value is -1.80. The molecule has 3 saturated carbocycles. The van der Waals surface area contributed by atoms with Crippen molar-refractivity contribution in [3.8, 4) is 0 Å². The smallest absolute Gasteiger partial charge is 0.189 e. The van der Waals surface area contributed by atoms with Crippen molar-refractivity contribution in [3.05, 3.63) is 11.6 Å². The van der Waals surface area contributed by atoms with Gasteiger partial charge in [0.05, 0.1) is 25.9 Å². The molecule has 14 N–H and O–H groups in total. The average Bonchev–Trinajstić information content (AvgIpc) is 3.64. The summed E-state index contributed by atoms with van der Waals surface area (Å²) in [6.07, 6.45) is -28.2. The molecule has 0 aromatic carbocycles. The zero-order valence-corrected chi connectivity index (χ0v) is 41.5. The number of hydrogen-bond acceptors (Lipinski definition) is 24.